The van der Waals surface area contributed by atoms with Crippen molar-refractivity contribution in [2.75, 3.05) is 13.2 Å². The van der Waals surface area contributed by atoms with Gasteiger partial charge < -0.3 is 15.2 Å². The molecule has 3 aliphatic rings. The lowest BCUT2D eigenvalue weighted by molar-refractivity contribution is -0.175. The molecule has 0 heterocycles. The third-order valence-electron chi connectivity index (χ3n) is 5.65. The molecule has 2 unspecified atom stereocenters. The van der Waals surface area contributed by atoms with E-state index >= 15 is 0 Å². The standard InChI is InChI=1S/C15H27NO2/c1-2-18-13-10-12(15(13)8-5-9-15)16-11-14(17)6-3-4-7-14/h12-13,16-17H,2-11H2,1H3. The first-order valence-corrected chi connectivity index (χ1v) is 7.76. The van der Waals surface area contributed by atoms with Crippen molar-refractivity contribution >= 4 is 0 Å². The van der Waals surface area contributed by atoms with Gasteiger partial charge in [0, 0.05) is 24.6 Å². The van der Waals surface area contributed by atoms with Crippen LogP contribution in [0.2, 0.25) is 0 Å². The molecule has 1 spiro atoms. The highest BCUT2D eigenvalue weighted by atomic mass is 16.5. The normalized spacial score (nSPS) is 36.3. The number of ether oxygens (including phenoxy) is 1. The Hall–Kier alpha value is -0.120. The second-order valence-corrected chi connectivity index (χ2v) is 6.63. The second-order valence-electron chi connectivity index (χ2n) is 6.63. The maximum Gasteiger partial charge on any atom is 0.0771 e. The highest BCUT2D eigenvalue weighted by Crippen LogP contribution is 2.57. The Balaban J connectivity index is 1.52. The summed E-state index contributed by atoms with van der Waals surface area (Å²) in [7, 11) is 0. The highest BCUT2D eigenvalue weighted by molar-refractivity contribution is 5.12. The molecular weight excluding hydrogens is 226 g/mol. The van der Waals surface area contributed by atoms with Crippen molar-refractivity contribution in [3.05, 3.63) is 0 Å². The van der Waals surface area contributed by atoms with Crippen LogP contribution in [0.4, 0.5) is 0 Å². The predicted octanol–water partition coefficient (Wildman–Crippen LogP) is 2.23. The fourth-order valence-electron chi connectivity index (χ4n) is 4.25. The van der Waals surface area contributed by atoms with Gasteiger partial charge in [-0.2, -0.15) is 0 Å². The Morgan fingerprint density at radius 2 is 1.89 bits per heavy atom. The van der Waals surface area contributed by atoms with E-state index in [0.717, 1.165) is 32.4 Å². The van der Waals surface area contributed by atoms with Gasteiger partial charge in [0.1, 0.15) is 0 Å². The average molecular weight is 253 g/mol. The van der Waals surface area contributed by atoms with Gasteiger partial charge in [0.15, 0.2) is 0 Å². The molecule has 0 aliphatic heterocycles. The van der Waals surface area contributed by atoms with E-state index in [2.05, 4.69) is 12.2 Å². The summed E-state index contributed by atoms with van der Waals surface area (Å²) in [6.45, 7) is 3.72. The predicted molar refractivity (Wildman–Crippen MR) is 71.5 cm³/mol. The van der Waals surface area contributed by atoms with Crippen LogP contribution in [0.1, 0.15) is 58.3 Å². The molecule has 0 amide bonds. The lowest BCUT2D eigenvalue weighted by Crippen LogP contribution is -2.68. The zero-order valence-corrected chi connectivity index (χ0v) is 11.6. The molecule has 0 bridgehead atoms. The summed E-state index contributed by atoms with van der Waals surface area (Å²) in [5, 5.41) is 14.0. The fourth-order valence-corrected chi connectivity index (χ4v) is 4.25. The third kappa shape index (κ3) is 2.00. The molecule has 0 saturated heterocycles. The van der Waals surface area contributed by atoms with Gasteiger partial charge in [0.2, 0.25) is 0 Å². The quantitative estimate of drug-likeness (QED) is 0.789. The summed E-state index contributed by atoms with van der Waals surface area (Å²) in [5.41, 5.74) is 0.00656. The third-order valence-corrected chi connectivity index (χ3v) is 5.65. The van der Waals surface area contributed by atoms with Crippen molar-refractivity contribution in [2.45, 2.75) is 76.0 Å². The molecule has 18 heavy (non-hydrogen) atoms. The van der Waals surface area contributed by atoms with Crippen LogP contribution in [0.15, 0.2) is 0 Å². The van der Waals surface area contributed by atoms with Gasteiger partial charge in [-0.05, 0) is 39.0 Å². The molecular formula is C15H27NO2. The first kappa shape index (κ1) is 12.9. The molecule has 3 saturated carbocycles. The van der Waals surface area contributed by atoms with E-state index in [1.807, 2.05) is 0 Å². The molecule has 104 valence electrons. The highest BCUT2D eigenvalue weighted by Gasteiger charge is 2.58. The van der Waals surface area contributed by atoms with E-state index in [9.17, 15) is 5.11 Å². The topological polar surface area (TPSA) is 41.5 Å². The van der Waals surface area contributed by atoms with Crippen LogP contribution >= 0.6 is 0 Å². The van der Waals surface area contributed by atoms with Crippen LogP contribution in [0.3, 0.4) is 0 Å². The van der Waals surface area contributed by atoms with Crippen LogP contribution in [0, 0.1) is 5.41 Å². The molecule has 0 aromatic carbocycles. The van der Waals surface area contributed by atoms with Gasteiger partial charge >= 0.3 is 0 Å². The second kappa shape index (κ2) is 4.77. The maximum absolute atomic E-state index is 10.4. The van der Waals surface area contributed by atoms with Crippen molar-refractivity contribution in [1.82, 2.24) is 5.32 Å². The summed E-state index contributed by atoms with van der Waals surface area (Å²) in [4.78, 5) is 0. The number of hydrogen-bond donors (Lipinski definition) is 2. The van der Waals surface area contributed by atoms with Crippen LogP contribution in [0.5, 0.6) is 0 Å². The van der Waals surface area contributed by atoms with Crippen molar-refractivity contribution in [2.24, 2.45) is 5.41 Å². The van der Waals surface area contributed by atoms with Crippen LogP contribution in [-0.2, 0) is 4.74 Å². The summed E-state index contributed by atoms with van der Waals surface area (Å²) < 4.78 is 5.86. The molecule has 3 heteroatoms. The van der Waals surface area contributed by atoms with Crippen LogP contribution < -0.4 is 5.32 Å². The summed E-state index contributed by atoms with van der Waals surface area (Å²) >= 11 is 0. The smallest absolute Gasteiger partial charge is 0.0771 e. The number of hydrogen-bond acceptors (Lipinski definition) is 3. The van der Waals surface area contributed by atoms with Gasteiger partial charge in [-0.25, -0.2) is 0 Å². The zero-order chi connectivity index (χ0) is 12.6. The Kier molecular flexibility index (Phi) is 3.41. The van der Waals surface area contributed by atoms with Crippen molar-refractivity contribution < 1.29 is 9.84 Å². The Morgan fingerprint density at radius 1 is 1.17 bits per heavy atom. The lowest BCUT2D eigenvalue weighted by Gasteiger charge is -2.61. The molecule has 0 aromatic heterocycles. The first-order valence-electron chi connectivity index (χ1n) is 7.76. The zero-order valence-electron chi connectivity index (χ0n) is 11.6. The maximum atomic E-state index is 10.4. The van der Waals surface area contributed by atoms with Crippen LogP contribution in [-0.4, -0.2) is 36.0 Å². The summed E-state index contributed by atoms with van der Waals surface area (Å²) in [6, 6.07) is 0.590. The van der Waals surface area contributed by atoms with E-state index in [1.54, 1.807) is 0 Å². The Bertz CT molecular complexity index is 295. The minimum absolute atomic E-state index is 0.415. The monoisotopic (exact) mass is 253 g/mol. The number of aliphatic hydroxyl groups is 1. The van der Waals surface area contributed by atoms with Crippen molar-refractivity contribution in [3.63, 3.8) is 0 Å². The molecule has 3 aliphatic carbocycles. The van der Waals surface area contributed by atoms with Crippen molar-refractivity contribution in [1.29, 1.82) is 0 Å². The van der Waals surface area contributed by atoms with E-state index in [1.165, 1.54) is 32.1 Å². The SMILES string of the molecule is CCOC1CC(NCC2(O)CCCC2)C12CCC2. The van der Waals surface area contributed by atoms with Gasteiger partial charge in [-0.3, -0.25) is 0 Å². The molecule has 3 nitrogen and oxygen atoms in total. The summed E-state index contributed by atoms with van der Waals surface area (Å²) in [6.07, 6.45) is 9.94. The van der Waals surface area contributed by atoms with Gasteiger partial charge in [-0.1, -0.05) is 19.3 Å². The van der Waals surface area contributed by atoms with Crippen molar-refractivity contribution in [3.8, 4) is 0 Å². The largest absolute Gasteiger partial charge is 0.389 e. The number of rotatable bonds is 5. The van der Waals surface area contributed by atoms with Crippen LogP contribution in [0.25, 0.3) is 0 Å². The lowest BCUT2D eigenvalue weighted by atomic mass is 9.51. The van der Waals surface area contributed by atoms with E-state index in [4.69, 9.17) is 4.74 Å². The first-order chi connectivity index (χ1) is 8.69. The molecule has 3 rings (SSSR count). The van der Waals surface area contributed by atoms with Gasteiger partial charge in [0.05, 0.1) is 11.7 Å². The van der Waals surface area contributed by atoms with E-state index in [-0.39, 0.29) is 0 Å². The minimum atomic E-state index is -0.415. The average Bonchev–Trinajstić information content (AvgIpc) is 2.67. The Morgan fingerprint density at radius 3 is 2.44 bits per heavy atom. The number of nitrogens with one attached hydrogen (secondary N) is 1. The van der Waals surface area contributed by atoms with E-state index < -0.39 is 5.60 Å². The Labute approximate surface area is 110 Å². The molecule has 3 fully saturated rings. The van der Waals surface area contributed by atoms with E-state index in [0.29, 0.717) is 17.6 Å². The fraction of sp³-hybridized carbons (Fsp3) is 1.00. The molecule has 2 atom stereocenters. The minimum Gasteiger partial charge on any atom is -0.389 e. The summed E-state index contributed by atoms with van der Waals surface area (Å²) in [5.74, 6) is 0. The molecule has 0 aromatic rings. The van der Waals surface area contributed by atoms with Gasteiger partial charge in [-0.15, -0.1) is 0 Å². The molecule has 2 N–H and O–H groups in total. The molecule has 0 radical (unpaired) electrons. The van der Waals surface area contributed by atoms with Gasteiger partial charge in [0.25, 0.3) is 0 Å².